The quantitative estimate of drug-likeness (QED) is 0.665. The fourth-order valence-electron chi connectivity index (χ4n) is 2.04. The van der Waals surface area contributed by atoms with Gasteiger partial charge in [-0.3, -0.25) is 0 Å². The molecule has 0 amide bonds. The molecule has 1 aliphatic rings. The van der Waals surface area contributed by atoms with E-state index in [9.17, 15) is 0 Å². The van der Waals surface area contributed by atoms with E-state index in [2.05, 4.69) is 26.0 Å². The molecule has 1 aliphatic carbocycles. The maximum absolute atomic E-state index is 5.84. The molecule has 70 valence electrons. The van der Waals surface area contributed by atoms with E-state index in [0.29, 0.717) is 0 Å². The van der Waals surface area contributed by atoms with Crippen LogP contribution in [-0.2, 0) is 0 Å². The maximum Gasteiger partial charge on any atom is 0.0406 e. The molecule has 2 atom stereocenters. The number of rotatable bonds is 2. The SMILES string of the molecule is CC(C)[C@H]1C[C@@H]1c1ccc(Cl)cc1. The summed E-state index contributed by atoms with van der Waals surface area (Å²) in [5.74, 6) is 2.53. The van der Waals surface area contributed by atoms with Crippen molar-refractivity contribution in [1.82, 2.24) is 0 Å². The van der Waals surface area contributed by atoms with Gasteiger partial charge in [-0.25, -0.2) is 0 Å². The lowest BCUT2D eigenvalue weighted by molar-refractivity contribution is 0.549. The Balaban J connectivity index is 2.08. The lowest BCUT2D eigenvalue weighted by atomic mass is 10.0. The minimum Gasteiger partial charge on any atom is -0.0843 e. The van der Waals surface area contributed by atoms with Gasteiger partial charge in [0.1, 0.15) is 0 Å². The van der Waals surface area contributed by atoms with Gasteiger partial charge in [-0.05, 0) is 41.9 Å². The van der Waals surface area contributed by atoms with E-state index in [-0.39, 0.29) is 0 Å². The molecule has 0 bridgehead atoms. The minimum absolute atomic E-state index is 0.803. The first-order chi connectivity index (χ1) is 6.18. The largest absolute Gasteiger partial charge is 0.0843 e. The van der Waals surface area contributed by atoms with E-state index >= 15 is 0 Å². The Morgan fingerprint density at radius 2 is 1.85 bits per heavy atom. The van der Waals surface area contributed by atoms with E-state index in [4.69, 9.17) is 11.6 Å². The van der Waals surface area contributed by atoms with Gasteiger partial charge in [0.05, 0.1) is 0 Å². The van der Waals surface area contributed by atoms with Crippen molar-refractivity contribution in [1.29, 1.82) is 0 Å². The first-order valence-electron chi connectivity index (χ1n) is 4.94. The summed E-state index contributed by atoms with van der Waals surface area (Å²) in [5.41, 5.74) is 1.46. The molecule has 0 radical (unpaired) electrons. The molecule has 0 heterocycles. The third-order valence-corrected chi connectivity index (χ3v) is 3.25. The van der Waals surface area contributed by atoms with Crippen LogP contribution in [-0.4, -0.2) is 0 Å². The summed E-state index contributed by atoms with van der Waals surface area (Å²) in [5, 5.41) is 0.838. The van der Waals surface area contributed by atoms with E-state index in [0.717, 1.165) is 22.8 Å². The van der Waals surface area contributed by atoms with Gasteiger partial charge in [-0.1, -0.05) is 37.6 Å². The Bertz CT molecular complexity index is 286. The molecule has 13 heavy (non-hydrogen) atoms. The molecule has 0 aromatic heterocycles. The molecule has 0 saturated heterocycles. The smallest absolute Gasteiger partial charge is 0.0406 e. The molecule has 1 saturated carbocycles. The van der Waals surface area contributed by atoms with Crippen molar-refractivity contribution in [2.45, 2.75) is 26.2 Å². The van der Waals surface area contributed by atoms with Gasteiger partial charge in [0.2, 0.25) is 0 Å². The second kappa shape index (κ2) is 3.34. The van der Waals surface area contributed by atoms with Crippen LogP contribution in [0.2, 0.25) is 5.02 Å². The summed E-state index contributed by atoms with van der Waals surface area (Å²) in [7, 11) is 0. The van der Waals surface area contributed by atoms with Gasteiger partial charge in [0.25, 0.3) is 0 Å². The molecule has 0 spiro atoms. The predicted octanol–water partition coefficient (Wildman–Crippen LogP) is 4.10. The molecule has 2 rings (SSSR count). The van der Waals surface area contributed by atoms with Gasteiger partial charge >= 0.3 is 0 Å². The van der Waals surface area contributed by atoms with Crippen LogP contribution >= 0.6 is 11.6 Å². The Labute approximate surface area is 84.9 Å². The average molecular weight is 195 g/mol. The highest BCUT2D eigenvalue weighted by atomic mass is 35.5. The van der Waals surface area contributed by atoms with E-state index in [1.807, 2.05) is 12.1 Å². The Morgan fingerprint density at radius 3 is 2.31 bits per heavy atom. The Kier molecular flexibility index (Phi) is 2.33. The van der Waals surface area contributed by atoms with Crippen molar-refractivity contribution in [2.75, 3.05) is 0 Å². The molecule has 1 heteroatoms. The average Bonchev–Trinajstić information content (AvgIpc) is 2.85. The zero-order chi connectivity index (χ0) is 9.42. The molecule has 0 unspecified atom stereocenters. The highest BCUT2D eigenvalue weighted by Gasteiger charge is 2.39. The van der Waals surface area contributed by atoms with Gasteiger partial charge in [-0.15, -0.1) is 0 Å². The number of benzene rings is 1. The van der Waals surface area contributed by atoms with E-state index in [1.165, 1.54) is 12.0 Å². The first kappa shape index (κ1) is 9.08. The van der Waals surface area contributed by atoms with Crippen LogP contribution in [0.25, 0.3) is 0 Å². The highest BCUT2D eigenvalue weighted by Crippen LogP contribution is 2.51. The van der Waals surface area contributed by atoms with Crippen molar-refractivity contribution in [2.24, 2.45) is 11.8 Å². The standard InChI is InChI=1S/C12H15Cl/c1-8(2)11-7-12(11)9-3-5-10(13)6-4-9/h3-6,8,11-12H,7H2,1-2H3/t11-,12-/m1/s1. The van der Waals surface area contributed by atoms with Crippen LogP contribution in [0.15, 0.2) is 24.3 Å². The van der Waals surface area contributed by atoms with Crippen LogP contribution in [0.3, 0.4) is 0 Å². The second-order valence-corrected chi connectivity index (χ2v) is 4.74. The third-order valence-electron chi connectivity index (χ3n) is 2.99. The number of hydrogen-bond donors (Lipinski definition) is 0. The van der Waals surface area contributed by atoms with Gasteiger partial charge in [0, 0.05) is 5.02 Å². The van der Waals surface area contributed by atoms with E-state index in [1.54, 1.807) is 0 Å². The Hall–Kier alpha value is -0.490. The molecule has 1 aromatic carbocycles. The summed E-state index contributed by atoms with van der Waals surface area (Å²) >= 11 is 5.84. The fourth-order valence-corrected chi connectivity index (χ4v) is 2.17. The zero-order valence-corrected chi connectivity index (χ0v) is 8.88. The Morgan fingerprint density at radius 1 is 1.23 bits per heavy atom. The molecular formula is C12H15Cl. The van der Waals surface area contributed by atoms with Crippen LogP contribution in [0.5, 0.6) is 0 Å². The molecule has 1 fully saturated rings. The summed E-state index contributed by atoms with van der Waals surface area (Å²) < 4.78 is 0. The zero-order valence-electron chi connectivity index (χ0n) is 8.13. The van der Waals surface area contributed by atoms with Gasteiger partial charge < -0.3 is 0 Å². The topological polar surface area (TPSA) is 0 Å². The minimum atomic E-state index is 0.803. The maximum atomic E-state index is 5.84. The van der Waals surface area contributed by atoms with Crippen LogP contribution < -0.4 is 0 Å². The summed E-state index contributed by atoms with van der Waals surface area (Å²) in [6, 6.07) is 8.31. The normalized spacial score (nSPS) is 26.5. The summed E-state index contributed by atoms with van der Waals surface area (Å²) in [4.78, 5) is 0. The third kappa shape index (κ3) is 1.88. The molecule has 1 aromatic rings. The van der Waals surface area contributed by atoms with Crippen LogP contribution in [0, 0.1) is 11.8 Å². The molecule has 0 N–H and O–H groups in total. The fraction of sp³-hybridized carbons (Fsp3) is 0.500. The van der Waals surface area contributed by atoms with Gasteiger partial charge in [0.15, 0.2) is 0 Å². The summed E-state index contributed by atoms with van der Waals surface area (Å²) in [6.07, 6.45) is 1.36. The monoisotopic (exact) mass is 194 g/mol. The lowest BCUT2D eigenvalue weighted by Gasteiger charge is -2.03. The van der Waals surface area contributed by atoms with Crippen LogP contribution in [0.1, 0.15) is 31.7 Å². The van der Waals surface area contributed by atoms with Crippen molar-refractivity contribution < 1.29 is 0 Å². The number of hydrogen-bond acceptors (Lipinski definition) is 0. The molecule has 0 aliphatic heterocycles. The van der Waals surface area contributed by atoms with Crippen molar-refractivity contribution in [3.8, 4) is 0 Å². The van der Waals surface area contributed by atoms with Gasteiger partial charge in [-0.2, -0.15) is 0 Å². The second-order valence-electron chi connectivity index (χ2n) is 4.30. The van der Waals surface area contributed by atoms with Crippen LogP contribution in [0.4, 0.5) is 0 Å². The van der Waals surface area contributed by atoms with Crippen molar-refractivity contribution in [3.63, 3.8) is 0 Å². The predicted molar refractivity (Wildman–Crippen MR) is 57.1 cm³/mol. The van der Waals surface area contributed by atoms with Crippen molar-refractivity contribution in [3.05, 3.63) is 34.9 Å². The van der Waals surface area contributed by atoms with E-state index < -0.39 is 0 Å². The number of halogens is 1. The first-order valence-corrected chi connectivity index (χ1v) is 5.31. The van der Waals surface area contributed by atoms with Crippen molar-refractivity contribution >= 4 is 11.6 Å². The molecule has 0 nitrogen and oxygen atoms in total. The highest BCUT2D eigenvalue weighted by molar-refractivity contribution is 6.30. The summed E-state index contributed by atoms with van der Waals surface area (Å²) in [6.45, 7) is 4.61. The lowest BCUT2D eigenvalue weighted by Crippen LogP contribution is -1.91. The molecular weight excluding hydrogens is 180 g/mol.